The van der Waals surface area contributed by atoms with Crippen molar-refractivity contribution < 1.29 is 9.53 Å². The van der Waals surface area contributed by atoms with Gasteiger partial charge in [0.1, 0.15) is 6.10 Å². The minimum atomic E-state index is 0.00916. The van der Waals surface area contributed by atoms with Crippen molar-refractivity contribution >= 4 is 17.2 Å². The predicted molar refractivity (Wildman–Crippen MR) is 88.7 cm³/mol. The normalized spacial score (nSPS) is 23.7. The summed E-state index contributed by atoms with van der Waals surface area (Å²) in [7, 11) is 1.97. The molecule has 4 rings (SSSR count). The van der Waals surface area contributed by atoms with Gasteiger partial charge in [0, 0.05) is 24.6 Å². The number of carbonyl (C=O) groups is 1. The standard InChI is InChI=1S/C17H21N3O2S/c1-20-10-18-9-13(20)14-8-12(5-6-22-14)19-17(21)16-7-11-3-2-4-15(11)23-16/h7,9-10,12,14H,2-6,8H2,1H3,(H,19,21)/t12-,14+/m0/s1. The lowest BCUT2D eigenvalue weighted by Crippen LogP contribution is -2.39. The van der Waals surface area contributed by atoms with E-state index in [0.29, 0.717) is 6.61 Å². The van der Waals surface area contributed by atoms with Crippen LogP contribution < -0.4 is 5.32 Å². The lowest BCUT2D eigenvalue weighted by Gasteiger charge is -2.30. The zero-order valence-corrected chi connectivity index (χ0v) is 14.1. The van der Waals surface area contributed by atoms with E-state index in [4.69, 9.17) is 4.74 Å². The molecule has 2 aliphatic rings. The largest absolute Gasteiger partial charge is 0.372 e. The number of nitrogens with one attached hydrogen (secondary N) is 1. The first-order valence-electron chi connectivity index (χ1n) is 8.21. The Morgan fingerprint density at radius 1 is 1.48 bits per heavy atom. The molecule has 23 heavy (non-hydrogen) atoms. The average Bonchev–Trinajstić information content (AvgIpc) is 3.22. The van der Waals surface area contributed by atoms with Crippen LogP contribution in [-0.4, -0.2) is 28.1 Å². The lowest BCUT2D eigenvalue weighted by molar-refractivity contribution is -0.00298. The molecule has 0 aromatic carbocycles. The van der Waals surface area contributed by atoms with Crippen LogP contribution in [0.15, 0.2) is 18.6 Å². The maximum absolute atomic E-state index is 12.5. The number of ether oxygens (including phenoxy) is 1. The monoisotopic (exact) mass is 331 g/mol. The van der Waals surface area contributed by atoms with Crippen LogP contribution in [0.2, 0.25) is 0 Å². The molecule has 0 unspecified atom stereocenters. The summed E-state index contributed by atoms with van der Waals surface area (Å²) in [6.07, 6.45) is 8.80. The van der Waals surface area contributed by atoms with Crippen LogP contribution in [0.5, 0.6) is 0 Å². The molecule has 1 fully saturated rings. The second kappa shape index (κ2) is 6.09. The number of imidazole rings is 1. The first-order valence-corrected chi connectivity index (χ1v) is 9.02. The van der Waals surface area contributed by atoms with E-state index in [2.05, 4.69) is 16.4 Å². The first kappa shape index (κ1) is 14.9. The molecule has 0 radical (unpaired) electrons. The van der Waals surface area contributed by atoms with E-state index < -0.39 is 0 Å². The minimum Gasteiger partial charge on any atom is -0.372 e. The fourth-order valence-corrected chi connectivity index (χ4v) is 4.67. The second-order valence-electron chi connectivity index (χ2n) is 6.40. The Labute approximate surface area is 139 Å². The minimum absolute atomic E-state index is 0.00916. The summed E-state index contributed by atoms with van der Waals surface area (Å²) in [5, 5.41) is 3.20. The highest BCUT2D eigenvalue weighted by Gasteiger charge is 2.28. The van der Waals surface area contributed by atoms with Gasteiger partial charge >= 0.3 is 0 Å². The van der Waals surface area contributed by atoms with Crippen LogP contribution in [-0.2, 0) is 24.6 Å². The molecule has 0 saturated carbocycles. The number of hydrogen-bond acceptors (Lipinski definition) is 4. The van der Waals surface area contributed by atoms with Crippen molar-refractivity contribution in [2.24, 2.45) is 7.05 Å². The highest BCUT2D eigenvalue weighted by molar-refractivity contribution is 7.14. The van der Waals surface area contributed by atoms with E-state index in [9.17, 15) is 4.79 Å². The third-order valence-electron chi connectivity index (χ3n) is 4.77. The van der Waals surface area contributed by atoms with Gasteiger partial charge in [-0.2, -0.15) is 0 Å². The van der Waals surface area contributed by atoms with Crippen molar-refractivity contribution in [2.45, 2.75) is 44.2 Å². The summed E-state index contributed by atoms with van der Waals surface area (Å²) >= 11 is 1.66. The SMILES string of the molecule is Cn1cncc1[C@H]1C[C@@H](NC(=O)c2cc3c(s2)CCC3)CCO1. The van der Waals surface area contributed by atoms with Gasteiger partial charge in [0.15, 0.2) is 0 Å². The van der Waals surface area contributed by atoms with Gasteiger partial charge in [-0.15, -0.1) is 11.3 Å². The molecule has 0 spiro atoms. The quantitative estimate of drug-likeness (QED) is 0.940. The Hall–Kier alpha value is -1.66. The molecular formula is C17H21N3O2S. The number of carbonyl (C=O) groups excluding carboxylic acids is 1. The van der Waals surface area contributed by atoms with Gasteiger partial charge in [0.2, 0.25) is 0 Å². The maximum Gasteiger partial charge on any atom is 0.261 e. The van der Waals surface area contributed by atoms with E-state index in [1.54, 1.807) is 17.7 Å². The molecule has 1 aliphatic carbocycles. The van der Waals surface area contributed by atoms with Crippen LogP contribution in [0.3, 0.4) is 0 Å². The van der Waals surface area contributed by atoms with Crippen LogP contribution in [0.1, 0.15) is 51.2 Å². The Balaban J connectivity index is 1.41. The zero-order chi connectivity index (χ0) is 15.8. The Kier molecular flexibility index (Phi) is 3.95. The number of fused-ring (bicyclic) bond motifs is 1. The summed E-state index contributed by atoms with van der Waals surface area (Å²) in [4.78, 5) is 18.9. The van der Waals surface area contributed by atoms with Crippen molar-refractivity contribution in [3.63, 3.8) is 0 Å². The molecule has 2 aromatic heterocycles. The summed E-state index contributed by atoms with van der Waals surface area (Å²) in [6, 6.07) is 2.24. The molecule has 1 saturated heterocycles. The van der Waals surface area contributed by atoms with Gasteiger partial charge in [-0.05, 0) is 43.7 Å². The molecule has 3 heterocycles. The van der Waals surface area contributed by atoms with E-state index in [0.717, 1.165) is 36.3 Å². The smallest absolute Gasteiger partial charge is 0.261 e. The van der Waals surface area contributed by atoms with Crippen molar-refractivity contribution in [3.8, 4) is 0 Å². The van der Waals surface area contributed by atoms with Gasteiger partial charge < -0.3 is 14.6 Å². The van der Waals surface area contributed by atoms with Crippen molar-refractivity contribution in [1.82, 2.24) is 14.9 Å². The topological polar surface area (TPSA) is 56.2 Å². The van der Waals surface area contributed by atoms with Crippen molar-refractivity contribution in [2.75, 3.05) is 6.61 Å². The number of nitrogens with zero attached hydrogens (tertiary/aromatic N) is 2. The molecule has 2 aromatic rings. The number of amides is 1. The van der Waals surface area contributed by atoms with E-state index in [-0.39, 0.29) is 18.1 Å². The van der Waals surface area contributed by atoms with Crippen LogP contribution >= 0.6 is 11.3 Å². The Morgan fingerprint density at radius 3 is 3.17 bits per heavy atom. The Morgan fingerprint density at radius 2 is 2.39 bits per heavy atom. The highest BCUT2D eigenvalue weighted by atomic mass is 32.1. The fourth-order valence-electron chi connectivity index (χ4n) is 3.51. The molecule has 6 heteroatoms. The second-order valence-corrected chi connectivity index (χ2v) is 7.53. The molecule has 1 amide bonds. The van der Waals surface area contributed by atoms with Gasteiger partial charge in [0.25, 0.3) is 5.91 Å². The van der Waals surface area contributed by atoms with Crippen molar-refractivity contribution in [1.29, 1.82) is 0 Å². The fraction of sp³-hybridized carbons (Fsp3) is 0.529. The molecule has 0 bridgehead atoms. The first-order chi connectivity index (χ1) is 11.2. The molecular weight excluding hydrogens is 310 g/mol. The Bertz CT molecular complexity index is 700. The van der Waals surface area contributed by atoms with Crippen LogP contribution in [0.4, 0.5) is 0 Å². The third kappa shape index (κ3) is 2.93. The summed E-state index contributed by atoms with van der Waals surface area (Å²) < 4.78 is 7.85. The molecule has 1 aliphatic heterocycles. The van der Waals surface area contributed by atoms with Crippen molar-refractivity contribution in [3.05, 3.63) is 39.6 Å². The number of rotatable bonds is 3. The van der Waals surface area contributed by atoms with Gasteiger partial charge in [0.05, 0.1) is 23.1 Å². The van der Waals surface area contributed by atoms with Gasteiger partial charge in [-0.3, -0.25) is 4.79 Å². The summed E-state index contributed by atoms with van der Waals surface area (Å²) in [5.41, 5.74) is 2.44. The van der Waals surface area contributed by atoms with Gasteiger partial charge in [-0.1, -0.05) is 0 Å². The average molecular weight is 331 g/mol. The van der Waals surface area contributed by atoms with Crippen LogP contribution in [0.25, 0.3) is 0 Å². The third-order valence-corrected chi connectivity index (χ3v) is 6.01. The molecule has 5 nitrogen and oxygen atoms in total. The van der Waals surface area contributed by atoms with Crippen LogP contribution in [0, 0.1) is 0 Å². The number of thiophene rings is 1. The lowest BCUT2D eigenvalue weighted by atomic mass is 10.0. The number of aryl methyl sites for hydroxylation is 3. The highest BCUT2D eigenvalue weighted by Crippen LogP contribution is 2.31. The van der Waals surface area contributed by atoms with Gasteiger partial charge in [-0.25, -0.2) is 4.98 Å². The zero-order valence-electron chi connectivity index (χ0n) is 13.2. The van der Waals surface area contributed by atoms with E-state index in [1.165, 1.54) is 16.9 Å². The number of aromatic nitrogens is 2. The maximum atomic E-state index is 12.5. The molecule has 2 atom stereocenters. The molecule has 1 N–H and O–H groups in total. The molecule has 122 valence electrons. The van der Waals surface area contributed by atoms with E-state index >= 15 is 0 Å². The summed E-state index contributed by atoms with van der Waals surface area (Å²) in [6.45, 7) is 0.668. The van der Waals surface area contributed by atoms with E-state index in [1.807, 2.05) is 17.8 Å². The predicted octanol–water partition coefficient (Wildman–Crippen LogP) is 2.62. The number of hydrogen-bond donors (Lipinski definition) is 1. The summed E-state index contributed by atoms with van der Waals surface area (Å²) in [5.74, 6) is 0.0695.